The molecule has 1 aromatic carbocycles. The van der Waals surface area contributed by atoms with Crippen LogP contribution < -0.4 is 5.32 Å². The fourth-order valence-corrected chi connectivity index (χ4v) is 2.61. The lowest BCUT2D eigenvalue weighted by Gasteiger charge is -2.19. The summed E-state index contributed by atoms with van der Waals surface area (Å²) in [5, 5.41) is 4.61. The fraction of sp³-hybridized carbons (Fsp3) is 0.571. The van der Waals surface area contributed by atoms with Crippen molar-refractivity contribution in [2.75, 3.05) is 13.6 Å². The van der Waals surface area contributed by atoms with Gasteiger partial charge in [-0.25, -0.2) is 0 Å². The quantitative estimate of drug-likeness (QED) is 0.809. The maximum Gasteiger partial charge on any atom is 0.0624 e. The van der Waals surface area contributed by atoms with Gasteiger partial charge in [0.05, 0.1) is 10.0 Å². The van der Waals surface area contributed by atoms with Crippen LogP contribution in [0.3, 0.4) is 0 Å². The van der Waals surface area contributed by atoms with Crippen LogP contribution >= 0.6 is 23.2 Å². The summed E-state index contributed by atoms with van der Waals surface area (Å²) in [6, 6.07) is 5.87. The van der Waals surface area contributed by atoms with E-state index in [4.69, 9.17) is 23.2 Å². The maximum absolute atomic E-state index is 6.22. The Bertz CT molecular complexity index is 350. The highest BCUT2D eigenvalue weighted by Crippen LogP contribution is 2.28. The Morgan fingerprint density at radius 3 is 2.53 bits per heavy atom. The summed E-state index contributed by atoms with van der Waals surface area (Å²) in [5.74, 6) is 1.31. The van der Waals surface area contributed by atoms with E-state index in [0.717, 1.165) is 18.5 Å². The predicted molar refractivity (Wildman–Crippen MR) is 77.0 cm³/mol. The highest BCUT2D eigenvalue weighted by Gasteiger charge is 2.13. The minimum atomic E-state index is 0.607. The summed E-state index contributed by atoms with van der Waals surface area (Å²) in [6.45, 7) is 5.52. The summed E-state index contributed by atoms with van der Waals surface area (Å²) < 4.78 is 0. The van der Waals surface area contributed by atoms with Gasteiger partial charge in [-0.15, -0.1) is 0 Å². The van der Waals surface area contributed by atoms with Crippen molar-refractivity contribution in [2.45, 2.75) is 26.7 Å². The summed E-state index contributed by atoms with van der Waals surface area (Å²) in [6.07, 6.45) is 2.18. The Kier molecular flexibility index (Phi) is 6.32. The molecule has 0 bridgehead atoms. The highest BCUT2D eigenvalue weighted by molar-refractivity contribution is 6.42. The summed E-state index contributed by atoms with van der Waals surface area (Å²) >= 11 is 12.3. The van der Waals surface area contributed by atoms with E-state index in [1.807, 2.05) is 19.2 Å². The second-order valence-corrected chi connectivity index (χ2v) is 5.76. The molecule has 0 spiro atoms. The molecule has 0 saturated heterocycles. The normalized spacial score (nSPS) is 13.1. The largest absolute Gasteiger partial charge is 0.319 e. The SMILES string of the molecule is CNCC(Cc1cccc(Cl)c1Cl)CC(C)C. The first-order chi connectivity index (χ1) is 8.04. The average Bonchev–Trinajstić information content (AvgIpc) is 2.24. The van der Waals surface area contributed by atoms with Gasteiger partial charge in [0.1, 0.15) is 0 Å². The molecule has 1 aromatic rings. The van der Waals surface area contributed by atoms with Crippen molar-refractivity contribution in [3.63, 3.8) is 0 Å². The van der Waals surface area contributed by atoms with Gasteiger partial charge in [0.25, 0.3) is 0 Å². The molecule has 17 heavy (non-hydrogen) atoms. The molecule has 0 saturated carbocycles. The third-order valence-corrected chi connectivity index (χ3v) is 3.70. The Balaban J connectivity index is 2.74. The third-order valence-electron chi connectivity index (χ3n) is 2.84. The van der Waals surface area contributed by atoms with E-state index in [0.29, 0.717) is 21.9 Å². The van der Waals surface area contributed by atoms with Gasteiger partial charge in [-0.3, -0.25) is 0 Å². The molecule has 0 heterocycles. The standard InChI is InChI=1S/C14H21Cl2N/c1-10(2)7-11(9-17-3)8-12-5-4-6-13(15)14(12)16/h4-6,10-11,17H,7-9H2,1-3H3. The molecule has 0 fully saturated rings. The van der Waals surface area contributed by atoms with Gasteiger partial charge in [0, 0.05) is 0 Å². The molecule has 1 atom stereocenters. The van der Waals surface area contributed by atoms with Gasteiger partial charge in [-0.05, 0) is 49.9 Å². The van der Waals surface area contributed by atoms with E-state index >= 15 is 0 Å². The van der Waals surface area contributed by atoms with Crippen molar-refractivity contribution in [3.8, 4) is 0 Å². The lowest BCUT2D eigenvalue weighted by atomic mass is 9.91. The van der Waals surface area contributed by atoms with Gasteiger partial charge >= 0.3 is 0 Å². The average molecular weight is 274 g/mol. The summed E-state index contributed by atoms with van der Waals surface area (Å²) in [4.78, 5) is 0. The smallest absolute Gasteiger partial charge is 0.0624 e. The molecule has 0 aliphatic heterocycles. The minimum Gasteiger partial charge on any atom is -0.319 e. The van der Waals surface area contributed by atoms with Crippen LogP contribution in [0.2, 0.25) is 10.0 Å². The maximum atomic E-state index is 6.22. The van der Waals surface area contributed by atoms with Crippen molar-refractivity contribution >= 4 is 23.2 Å². The van der Waals surface area contributed by atoms with Crippen molar-refractivity contribution in [1.29, 1.82) is 0 Å². The number of hydrogen-bond donors (Lipinski definition) is 1. The van der Waals surface area contributed by atoms with Crippen LogP contribution in [0.5, 0.6) is 0 Å². The van der Waals surface area contributed by atoms with Gasteiger partial charge in [0.2, 0.25) is 0 Å². The Morgan fingerprint density at radius 2 is 1.94 bits per heavy atom. The van der Waals surface area contributed by atoms with Gasteiger partial charge in [-0.2, -0.15) is 0 Å². The zero-order valence-electron chi connectivity index (χ0n) is 10.8. The lowest BCUT2D eigenvalue weighted by molar-refractivity contribution is 0.395. The van der Waals surface area contributed by atoms with Crippen molar-refractivity contribution in [2.24, 2.45) is 11.8 Å². The summed E-state index contributed by atoms with van der Waals surface area (Å²) in [7, 11) is 1.99. The second kappa shape index (κ2) is 7.25. The van der Waals surface area contributed by atoms with E-state index in [-0.39, 0.29) is 0 Å². The number of rotatable bonds is 6. The minimum absolute atomic E-state index is 0.607. The van der Waals surface area contributed by atoms with Crippen LogP contribution in [0.4, 0.5) is 0 Å². The first-order valence-electron chi connectivity index (χ1n) is 6.12. The number of halogens is 2. The Hall–Kier alpha value is -0.240. The van der Waals surface area contributed by atoms with E-state index in [9.17, 15) is 0 Å². The lowest BCUT2D eigenvalue weighted by Crippen LogP contribution is -2.22. The molecule has 1 nitrogen and oxygen atoms in total. The van der Waals surface area contributed by atoms with Crippen LogP contribution in [-0.4, -0.2) is 13.6 Å². The summed E-state index contributed by atoms with van der Waals surface area (Å²) in [5.41, 5.74) is 1.15. The molecule has 1 rings (SSSR count). The molecule has 0 amide bonds. The van der Waals surface area contributed by atoms with E-state index in [1.165, 1.54) is 6.42 Å². The van der Waals surface area contributed by atoms with Crippen molar-refractivity contribution in [1.82, 2.24) is 5.32 Å². The van der Waals surface area contributed by atoms with Crippen LogP contribution in [0.1, 0.15) is 25.8 Å². The number of hydrogen-bond acceptors (Lipinski definition) is 1. The molecule has 0 aliphatic carbocycles. The molecule has 0 aliphatic rings. The monoisotopic (exact) mass is 273 g/mol. The third kappa shape index (κ3) is 4.87. The topological polar surface area (TPSA) is 12.0 Å². The molecule has 3 heteroatoms. The second-order valence-electron chi connectivity index (χ2n) is 4.97. The number of nitrogens with one attached hydrogen (secondary N) is 1. The fourth-order valence-electron chi connectivity index (χ4n) is 2.21. The highest BCUT2D eigenvalue weighted by atomic mass is 35.5. The van der Waals surface area contributed by atoms with Crippen LogP contribution in [0.25, 0.3) is 0 Å². The van der Waals surface area contributed by atoms with Gasteiger partial charge in [-0.1, -0.05) is 49.2 Å². The van der Waals surface area contributed by atoms with E-state index < -0.39 is 0 Å². The van der Waals surface area contributed by atoms with Crippen molar-refractivity contribution in [3.05, 3.63) is 33.8 Å². The Labute approximate surface area is 115 Å². The molecule has 0 radical (unpaired) electrons. The molecule has 96 valence electrons. The molecular formula is C14H21Cl2N. The van der Waals surface area contributed by atoms with Crippen molar-refractivity contribution < 1.29 is 0 Å². The first-order valence-corrected chi connectivity index (χ1v) is 6.87. The van der Waals surface area contributed by atoms with Crippen LogP contribution in [0, 0.1) is 11.8 Å². The molecule has 1 unspecified atom stereocenters. The molecule has 0 aromatic heterocycles. The van der Waals surface area contributed by atoms with Gasteiger partial charge < -0.3 is 5.32 Å². The zero-order valence-corrected chi connectivity index (χ0v) is 12.3. The Morgan fingerprint density at radius 1 is 1.24 bits per heavy atom. The zero-order chi connectivity index (χ0) is 12.8. The van der Waals surface area contributed by atoms with Crippen LogP contribution in [-0.2, 0) is 6.42 Å². The predicted octanol–water partition coefficient (Wildman–Crippen LogP) is 4.42. The van der Waals surface area contributed by atoms with Crippen LogP contribution in [0.15, 0.2) is 18.2 Å². The van der Waals surface area contributed by atoms with Gasteiger partial charge in [0.15, 0.2) is 0 Å². The molecule has 1 N–H and O–H groups in total. The van der Waals surface area contributed by atoms with E-state index in [2.05, 4.69) is 25.2 Å². The van der Waals surface area contributed by atoms with E-state index in [1.54, 1.807) is 0 Å². The number of benzene rings is 1. The first kappa shape index (κ1) is 14.8. The molecular weight excluding hydrogens is 253 g/mol.